The fraction of sp³-hybridized carbons (Fsp3) is 0.462. The van der Waals surface area contributed by atoms with Crippen LogP contribution in [0.3, 0.4) is 0 Å². The van der Waals surface area contributed by atoms with E-state index in [0.717, 1.165) is 47.1 Å². The van der Waals surface area contributed by atoms with Gasteiger partial charge in [0.1, 0.15) is 10.1 Å². The minimum absolute atomic E-state index is 0.0192. The van der Waals surface area contributed by atoms with Crippen LogP contribution in [0.25, 0.3) is 17.0 Å². The lowest BCUT2D eigenvalue weighted by molar-refractivity contribution is -0.123. The smallest absolute Gasteiger partial charge is 0.266 e. The van der Waals surface area contributed by atoms with Gasteiger partial charge in [0.25, 0.3) is 5.91 Å². The Labute approximate surface area is 210 Å². The van der Waals surface area contributed by atoms with Gasteiger partial charge in [-0.25, -0.2) is 4.98 Å². The molecule has 0 aliphatic carbocycles. The average molecular weight is 497 g/mol. The van der Waals surface area contributed by atoms with E-state index >= 15 is 0 Å². The maximum atomic E-state index is 13.2. The first-order chi connectivity index (χ1) is 16.4. The molecule has 0 radical (unpaired) electrons. The van der Waals surface area contributed by atoms with Crippen LogP contribution in [0.2, 0.25) is 0 Å². The van der Waals surface area contributed by atoms with Crippen LogP contribution in [-0.4, -0.2) is 45.7 Å². The maximum Gasteiger partial charge on any atom is 0.266 e. The number of anilines is 1. The van der Waals surface area contributed by atoms with E-state index in [1.54, 1.807) is 4.90 Å². The predicted octanol–water partition coefficient (Wildman–Crippen LogP) is 5.03. The summed E-state index contributed by atoms with van der Waals surface area (Å²) in [6, 6.07) is 8.24. The Morgan fingerprint density at radius 3 is 2.74 bits per heavy atom. The van der Waals surface area contributed by atoms with E-state index in [2.05, 4.69) is 36.9 Å². The number of aryl methyl sites for hydroxylation is 1. The van der Waals surface area contributed by atoms with Crippen LogP contribution in [0.5, 0.6) is 0 Å². The molecule has 0 atom stereocenters. The average Bonchev–Trinajstić information content (AvgIpc) is 3.09. The second-order valence-electron chi connectivity index (χ2n) is 9.11. The Kier molecular flexibility index (Phi) is 7.88. The van der Waals surface area contributed by atoms with E-state index < -0.39 is 0 Å². The number of unbranched alkanes of at least 4 members (excludes halogenated alkanes) is 3. The normalized spacial score (nSPS) is 18.5. The molecular formula is C26H32N4O2S2. The van der Waals surface area contributed by atoms with Gasteiger partial charge in [0.15, 0.2) is 0 Å². The number of nitrogens with zero attached hydrogens (tertiary/aromatic N) is 3. The van der Waals surface area contributed by atoms with Gasteiger partial charge in [-0.1, -0.05) is 68.4 Å². The van der Waals surface area contributed by atoms with Crippen molar-refractivity contribution in [1.82, 2.24) is 9.88 Å². The van der Waals surface area contributed by atoms with E-state index in [1.165, 1.54) is 18.2 Å². The molecule has 0 spiro atoms. The largest absolute Gasteiger partial charge is 0.369 e. The lowest BCUT2D eigenvalue weighted by Crippen LogP contribution is -2.39. The SMILES string of the molecule is CCCCCCN1C(=O)/C(=C/c2cc3cccc(C)c3nc2N2CCC(C(N)=O)CC2)SC1=S. The van der Waals surface area contributed by atoms with Crippen molar-refractivity contribution < 1.29 is 9.59 Å². The highest BCUT2D eigenvalue weighted by Gasteiger charge is 2.32. The Morgan fingerprint density at radius 2 is 2.03 bits per heavy atom. The van der Waals surface area contributed by atoms with E-state index in [4.69, 9.17) is 22.9 Å². The van der Waals surface area contributed by atoms with Gasteiger partial charge in [-0.15, -0.1) is 0 Å². The number of piperidine rings is 1. The zero-order valence-corrected chi connectivity index (χ0v) is 21.5. The van der Waals surface area contributed by atoms with Crippen molar-refractivity contribution in [3.63, 3.8) is 0 Å². The highest BCUT2D eigenvalue weighted by molar-refractivity contribution is 8.26. The molecule has 0 bridgehead atoms. The molecule has 8 heteroatoms. The summed E-state index contributed by atoms with van der Waals surface area (Å²) >= 11 is 6.91. The van der Waals surface area contributed by atoms with Crippen LogP contribution in [-0.2, 0) is 9.59 Å². The number of carbonyl (C=O) groups excluding carboxylic acids is 2. The van der Waals surface area contributed by atoms with Crippen LogP contribution in [0.1, 0.15) is 56.6 Å². The van der Waals surface area contributed by atoms with Gasteiger partial charge in [-0.3, -0.25) is 14.5 Å². The summed E-state index contributed by atoms with van der Waals surface area (Å²) < 4.78 is 0.626. The third-order valence-corrected chi connectivity index (χ3v) is 8.03. The Bertz CT molecular complexity index is 1140. The third kappa shape index (κ3) is 5.28. The van der Waals surface area contributed by atoms with E-state index in [0.29, 0.717) is 41.7 Å². The molecule has 6 nitrogen and oxygen atoms in total. The number of hydrogen-bond acceptors (Lipinski definition) is 6. The van der Waals surface area contributed by atoms with Crippen LogP contribution in [0, 0.1) is 12.8 Å². The number of pyridine rings is 1. The molecule has 0 unspecified atom stereocenters. The number of benzene rings is 1. The molecule has 34 heavy (non-hydrogen) atoms. The number of thiocarbonyl (C=S) groups is 1. The quantitative estimate of drug-likeness (QED) is 0.314. The number of primary amides is 1. The molecular weight excluding hydrogens is 464 g/mol. The third-order valence-electron chi connectivity index (χ3n) is 6.65. The monoisotopic (exact) mass is 496 g/mol. The molecule has 180 valence electrons. The number of amides is 2. The molecule has 2 fully saturated rings. The number of thioether (sulfide) groups is 1. The Hall–Kier alpha value is -2.45. The summed E-state index contributed by atoms with van der Waals surface area (Å²) in [7, 11) is 0. The summed E-state index contributed by atoms with van der Waals surface area (Å²) in [5, 5.41) is 1.04. The standard InChI is InChI=1S/C26H32N4O2S2/c1-3-4-5-6-12-30-25(32)21(34-26(30)33)16-20-15-19-9-7-8-17(2)22(19)28-24(20)29-13-10-18(11-14-29)23(27)31/h7-9,15-16,18H,3-6,10-14H2,1-2H3,(H2,27,31)/b21-16-. The number of hydrogen-bond donors (Lipinski definition) is 1. The number of rotatable bonds is 8. The fourth-order valence-electron chi connectivity index (χ4n) is 4.62. The van der Waals surface area contributed by atoms with Crippen molar-refractivity contribution >= 4 is 62.9 Å². The summed E-state index contributed by atoms with van der Waals surface area (Å²) in [4.78, 5) is 34.4. The first kappa shape index (κ1) is 24.7. The van der Waals surface area contributed by atoms with Crippen molar-refractivity contribution in [2.45, 2.75) is 52.4 Å². The van der Waals surface area contributed by atoms with E-state index in [1.807, 2.05) is 12.1 Å². The van der Waals surface area contributed by atoms with Gasteiger partial charge < -0.3 is 10.6 Å². The van der Waals surface area contributed by atoms with Gasteiger partial charge >= 0.3 is 0 Å². The van der Waals surface area contributed by atoms with Crippen molar-refractivity contribution in [3.05, 3.63) is 40.3 Å². The first-order valence-electron chi connectivity index (χ1n) is 12.1. The molecule has 2 saturated heterocycles. The molecule has 2 N–H and O–H groups in total. The molecule has 1 aromatic heterocycles. The Balaban J connectivity index is 1.65. The second-order valence-corrected chi connectivity index (χ2v) is 10.8. The number of carbonyl (C=O) groups is 2. The summed E-state index contributed by atoms with van der Waals surface area (Å²) in [5.74, 6) is 0.503. The minimum atomic E-state index is -0.232. The van der Waals surface area contributed by atoms with Gasteiger partial charge in [-0.05, 0) is 43.9 Å². The Morgan fingerprint density at radius 1 is 1.26 bits per heavy atom. The topological polar surface area (TPSA) is 79.5 Å². The fourth-order valence-corrected chi connectivity index (χ4v) is 5.92. The summed E-state index contributed by atoms with van der Waals surface area (Å²) in [5.41, 5.74) is 8.50. The van der Waals surface area contributed by atoms with Crippen LogP contribution in [0.15, 0.2) is 29.2 Å². The second kappa shape index (κ2) is 10.9. The maximum absolute atomic E-state index is 13.2. The van der Waals surface area contributed by atoms with Crippen molar-refractivity contribution in [2.24, 2.45) is 11.7 Å². The van der Waals surface area contributed by atoms with Crippen LogP contribution < -0.4 is 10.6 Å². The van der Waals surface area contributed by atoms with Crippen molar-refractivity contribution in [1.29, 1.82) is 0 Å². The molecule has 1 aromatic carbocycles. The molecule has 2 amide bonds. The predicted molar refractivity (Wildman–Crippen MR) is 145 cm³/mol. The van der Waals surface area contributed by atoms with Gasteiger partial charge in [-0.2, -0.15) is 0 Å². The van der Waals surface area contributed by atoms with Crippen molar-refractivity contribution in [3.8, 4) is 0 Å². The lowest BCUT2D eigenvalue weighted by Gasteiger charge is -2.32. The summed E-state index contributed by atoms with van der Waals surface area (Å²) in [6.45, 7) is 6.32. The van der Waals surface area contributed by atoms with Crippen molar-refractivity contribution in [2.75, 3.05) is 24.5 Å². The number of para-hydroxylation sites is 1. The highest BCUT2D eigenvalue weighted by atomic mass is 32.2. The van der Waals surface area contributed by atoms with Crippen LogP contribution >= 0.6 is 24.0 Å². The number of nitrogens with two attached hydrogens (primary N) is 1. The molecule has 2 aromatic rings. The lowest BCUT2D eigenvalue weighted by atomic mass is 9.96. The minimum Gasteiger partial charge on any atom is -0.369 e. The molecule has 4 rings (SSSR count). The molecule has 2 aliphatic heterocycles. The molecule has 0 saturated carbocycles. The molecule has 3 heterocycles. The van der Waals surface area contributed by atoms with Gasteiger partial charge in [0, 0.05) is 36.5 Å². The van der Waals surface area contributed by atoms with Crippen LogP contribution in [0.4, 0.5) is 5.82 Å². The molecule has 2 aliphatic rings. The zero-order chi connectivity index (χ0) is 24.2. The first-order valence-corrected chi connectivity index (χ1v) is 13.3. The number of aromatic nitrogens is 1. The van der Waals surface area contributed by atoms with E-state index in [9.17, 15) is 9.59 Å². The van der Waals surface area contributed by atoms with Gasteiger partial charge in [0.2, 0.25) is 5.91 Å². The highest BCUT2D eigenvalue weighted by Crippen LogP contribution is 2.36. The van der Waals surface area contributed by atoms with E-state index in [-0.39, 0.29) is 17.7 Å². The zero-order valence-electron chi connectivity index (χ0n) is 19.9. The van der Waals surface area contributed by atoms with Gasteiger partial charge in [0.05, 0.1) is 10.4 Å². The number of fused-ring (bicyclic) bond motifs is 1. The summed E-state index contributed by atoms with van der Waals surface area (Å²) in [6.07, 6.45) is 7.76.